The molecule has 0 spiro atoms. The lowest BCUT2D eigenvalue weighted by molar-refractivity contribution is -0.119. The lowest BCUT2D eigenvalue weighted by Crippen LogP contribution is -2.31. The highest BCUT2D eigenvalue weighted by atomic mass is 32.2. The van der Waals surface area contributed by atoms with Gasteiger partial charge < -0.3 is 5.32 Å². The maximum Gasteiger partial charge on any atom is 0.230 e. The predicted octanol–water partition coefficient (Wildman–Crippen LogP) is 4.48. The van der Waals surface area contributed by atoms with E-state index in [0.29, 0.717) is 11.6 Å². The Morgan fingerprint density at radius 2 is 1.88 bits per heavy atom. The van der Waals surface area contributed by atoms with Crippen molar-refractivity contribution in [3.05, 3.63) is 54.1 Å². The predicted molar refractivity (Wildman–Crippen MR) is 108 cm³/mol. The summed E-state index contributed by atoms with van der Waals surface area (Å²) in [5.41, 5.74) is 3.12. The Hall–Kier alpha value is -2.40. The lowest BCUT2D eigenvalue weighted by atomic mass is 10.1. The molecule has 0 saturated carbocycles. The van der Waals surface area contributed by atoms with E-state index in [-0.39, 0.29) is 11.9 Å². The minimum Gasteiger partial charge on any atom is -0.353 e. The van der Waals surface area contributed by atoms with Crippen LogP contribution in [0.25, 0.3) is 22.3 Å². The van der Waals surface area contributed by atoms with Crippen LogP contribution in [0.15, 0.2) is 53.6 Å². The molecule has 134 valence electrons. The monoisotopic (exact) mass is 365 g/mol. The zero-order valence-corrected chi connectivity index (χ0v) is 16.1. The van der Waals surface area contributed by atoms with Crippen molar-refractivity contribution < 1.29 is 4.79 Å². The molecule has 1 N–H and O–H groups in total. The van der Waals surface area contributed by atoms with Gasteiger partial charge in [-0.05, 0) is 38.0 Å². The molecule has 1 amide bonds. The summed E-state index contributed by atoms with van der Waals surface area (Å²) in [6.45, 7) is 6.05. The van der Waals surface area contributed by atoms with Crippen molar-refractivity contribution in [2.45, 2.75) is 38.3 Å². The van der Waals surface area contributed by atoms with Crippen LogP contribution in [-0.2, 0) is 11.2 Å². The quantitative estimate of drug-likeness (QED) is 0.517. The molecule has 2 aromatic carbocycles. The van der Waals surface area contributed by atoms with Gasteiger partial charge in [0.2, 0.25) is 5.91 Å². The molecule has 3 aromatic rings. The number of rotatable bonds is 6. The van der Waals surface area contributed by atoms with Crippen LogP contribution in [0.3, 0.4) is 0 Å². The highest BCUT2D eigenvalue weighted by Gasteiger charge is 2.13. The van der Waals surface area contributed by atoms with Crippen LogP contribution in [-0.4, -0.2) is 27.7 Å². The summed E-state index contributed by atoms with van der Waals surface area (Å²) < 4.78 is 0. The fourth-order valence-electron chi connectivity index (χ4n) is 2.69. The Balaban J connectivity index is 2.00. The van der Waals surface area contributed by atoms with Crippen molar-refractivity contribution >= 4 is 28.6 Å². The molecule has 1 aromatic heterocycles. The fraction of sp³-hybridized carbons (Fsp3) is 0.286. The summed E-state index contributed by atoms with van der Waals surface area (Å²) in [5.74, 6) is 1.05. The molecule has 0 aliphatic carbocycles. The largest absolute Gasteiger partial charge is 0.353 e. The Kier molecular flexibility index (Phi) is 5.89. The van der Waals surface area contributed by atoms with E-state index in [1.165, 1.54) is 17.3 Å². The molecule has 0 saturated heterocycles. The number of amides is 1. The third-order valence-corrected chi connectivity index (χ3v) is 4.95. The molecule has 0 aliphatic heterocycles. The number of aromatic nitrogens is 2. The molecule has 0 aliphatic rings. The average Bonchev–Trinajstić information content (AvgIpc) is 2.65. The van der Waals surface area contributed by atoms with Gasteiger partial charge in [-0.3, -0.25) is 4.79 Å². The van der Waals surface area contributed by atoms with Crippen LogP contribution in [0, 0.1) is 0 Å². The van der Waals surface area contributed by atoms with Gasteiger partial charge in [-0.15, -0.1) is 0 Å². The number of carbonyl (C=O) groups is 1. The van der Waals surface area contributed by atoms with Gasteiger partial charge in [0, 0.05) is 17.0 Å². The average molecular weight is 366 g/mol. The fourth-order valence-corrected chi connectivity index (χ4v) is 3.51. The molecule has 4 nitrogen and oxygen atoms in total. The number of benzene rings is 2. The molecule has 5 heteroatoms. The van der Waals surface area contributed by atoms with Crippen LogP contribution in [0.5, 0.6) is 0 Å². The number of nitrogens with zero attached hydrogens (tertiary/aromatic N) is 2. The molecule has 3 rings (SSSR count). The molecule has 0 fully saturated rings. The van der Waals surface area contributed by atoms with E-state index in [4.69, 9.17) is 9.97 Å². The van der Waals surface area contributed by atoms with Crippen LogP contribution in [0.2, 0.25) is 0 Å². The van der Waals surface area contributed by atoms with Crippen molar-refractivity contribution in [2.75, 3.05) is 5.75 Å². The second-order valence-electron chi connectivity index (χ2n) is 6.43. The van der Waals surface area contributed by atoms with Crippen LogP contribution in [0.1, 0.15) is 26.3 Å². The van der Waals surface area contributed by atoms with E-state index < -0.39 is 0 Å². The first-order valence-corrected chi connectivity index (χ1v) is 9.83. The first-order valence-electron chi connectivity index (χ1n) is 8.85. The maximum atomic E-state index is 12.1. The van der Waals surface area contributed by atoms with E-state index in [1.54, 1.807) is 0 Å². The highest BCUT2D eigenvalue weighted by molar-refractivity contribution is 8.00. The molecule has 0 unspecified atom stereocenters. The number of aryl methyl sites for hydroxylation is 1. The van der Waals surface area contributed by atoms with E-state index in [2.05, 4.69) is 24.4 Å². The smallest absolute Gasteiger partial charge is 0.230 e. The third-order valence-electron chi connectivity index (χ3n) is 3.96. The second kappa shape index (κ2) is 8.32. The van der Waals surface area contributed by atoms with Crippen molar-refractivity contribution in [1.29, 1.82) is 0 Å². The zero-order chi connectivity index (χ0) is 18.5. The normalized spacial score (nSPS) is 11.1. The SMILES string of the molecule is CCc1ccc2nc(-c3ccccc3)nc(SCC(=O)NC(C)C)c2c1. The topological polar surface area (TPSA) is 54.9 Å². The standard InChI is InChI=1S/C21H23N3OS/c1-4-15-10-11-18-17(12-15)21(26-13-19(25)22-14(2)3)24-20(23-18)16-8-6-5-7-9-16/h5-12,14H,4,13H2,1-3H3,(H,22,25). The van der Waals surface area contributed by atoms with Gasteiger partial charge in [-0.1, -0.05) is 55.1 Å². The molecule has 0 radical (unpaired) electrons. The van der Waals surface area contributed by atoms with Gasteiger partial charge in [0.05, 0.1) is 11.3 Å². The first-order chi connectivity index (χ1) is 12.6. The Bertz CT molecular complexity index is 910. The minimum absolute atomic E-state index is 0.0182. The van der Waals surface area contributed by atoms with Crippen LogP contribution < -0.4 is 5.32 Å². The van der Waals surface area contributed by atoms with Gasteiger partial charge in [-0.25, -0.2) is 9.97 Å². The van der Waals surface area contributed by atoms with E-state index in [1.807, 2.05) is 50.2 Å². The maximum absolute atomic E-state index is 12.1. The number of thioether (sulfide) groups is 1. The molecule has 0 bridgehead atoms. The molecular formula is C21H23N3OS. The number of hydrogen-bond donors (Lipinski definition) is 1. The number of carbonyl (C=O) groups excluding carboxylic acids is 1. The summed E-state index contributed by atoms with van der Waals surface area (Å²) in [6, 6.07) is 16.3. The Labute approximate surface area is 158 Å². The molecule has 0 atom stereocenters. The minimum atomic E-state index is 0.0182. The van der Waals surface area contributed by atoms with E-state index >= 15 is 0 Å². The lowest BCUT2D eigenvalue weighted by Gasteiger charge is -2.11. The van der Waals surface area contributed by atoms with Crippen molar-refractivity contribution in [1.82, 2.24) is 15.3 Å². The number of fused-ring (bicyclic) bond motifs is 1. The summed E-state index contributed by atoms with van der Waals surface area (Å²) in [7, 11) is 0. The molecule has 26 heavy (non-hydrogen) atoms. The van der Waals surface area contributed by atoms with Crippen LogP contribution >= 0.6 is 11.8 Å². The first kappa shape index (κ1) is 18.4. The highest BCUT2D eigenvalue weighted by Crippen LogP contribution is 2.29. The summed E-state index contributed by atoms with van der Waals surface area (Å²) in [5, 5.41) is 4.78. The van der Waals surface area contributed by atoms with E-state index in [0.717, 1.165) is 27.9 Å². The number of nitrogens with one attached hydrogen (secondary N) is 1. The van der Waals surface area contributed by atoms with Gasteiger partial charge >= 0.3 is 0 Å². The Morgan fingerprint density at radius 1 is 1.12 bits per heavy atom. The Morgan fingerprint density at radius 3 is 2.58 bits per heavy atom. The van der Waals surface area contributed by atoms with E-state index in [9.17, 15) is 4.79 Å². The van der Waals surface area contributed by atoms with Crippen molar-refractivity contribution in [3.8, 4) is 11.4 Å². The van der Waals surface area contributed by atoms with Gasteiger partial charge in [0.25, 0.3) is 0 Å². The number of hydrogen-bond acceptors (Lipinski definition) is 4. The summed E-state index contributed by atoms with van der Waals surface area (Å²) >= 11 is 1.46. The van der Waals surface area contributed by atoms with Crippen molar-refractivity contribution in [3.63, 3.8) is 0 Å². The molecule has 1 heterocycles. The zero-order valence-electron chi connectivity index (χ0n) is 15.3. The second-order valence-corrected chi connectivity index (χ2v) is 7.40. The van der Waals surface area contributed by atoms with Gasteiger partial charge in [0.1, 0.15) is 5.03 Å². The van der Waals surface area contributed by atoms with Gasteiger partial charge in [0.15, 0.2) is 5.82 Å². The van der Waals surface area contributed by atoms with Gasteiger partial charge in [-0.2, -0.15) is 0 Å². The van der Waals surface area contributed by atoms with Crippen LogP contribution in [0.4, 0.5) is 0 Å². The summed E-state index contributed by atoms with van der Waals surface area (Å²) in [6.07, 6.45) is 0.953. The summed E-state index contributed by atoms with van der Waals surface area (Å²) in [4.78, 5) is 21.6. The van der Waals surface area contributed by atoms with Crippen molar-refractivity contribution in [2.24, 2.45) is 0 Å². The third kappa shape index (κ3) is 4.41. The molecular weight excluding hydrogens is 342 g/mol.